The van der Waals surface area contributed by atoms with Crippen LogP contribution in [0.25, 0.3) is 0 Å². The third kappa shape index (κ3) is 6.27. The molecule has 0 amide bonds. The molecule has 2 N–H and O–H groups in total. The topological polar surface area (TPSA) is 41.1 Å². The Labute approximate surface area is 219 Å². The first kappa shape index (κ1) is 25.3. The molecule has 0 spiro atoms. The summed E-state index contributed by atoms with van der Waals surface area (Å²) in [6.45, 7) is 8.57. The van der Waals surface area contributed by atoms with E-state index in [-0.39, 0.29) is 17.2 Å². The standard InChI is InChI=1S/C32H32N2OS/c1-22-13-15-24(16-14-22)29(23-9-6-5-7-10-23)34-31(36)33-28-12-8-11-26(21-28)30(35)25-17-19-27(20-18-25)32(2,3)4/h5-21,29H,1-4H3,(H2,33,34,36). The molecule has 0 aliphatic carbocycles. The molecule has 0 fully saturated rings. The number of carbonyl (C=O) groups is 1. The minimum Gasteiger partial charge on any atom is -0.352 e. The summed E-state index contributed by atoms with van der Waals surface area (Å²) >= 11 is 5.68. The van der Waals surface area contributed by atoms with Crippen molar-refractivity contribution < 1.29 is 4.79 Å². The Balaban J connectivity index is 1.50. The summed E-state index contributed by atoms with van der Waals surface area (Å²) in [6, 6.07) is 33.9. The average molecular weight is 493 g/mol. The van der Waals surface area contributed by atoms with E-state index in [9.17, 15) is 4.79 Å². The number of ketones is 1. The Morgan fingerprint density at radius 3 is 2.03 bits per heavy atom. The van der Waals surface area contributed by atoms with Gasteiger partial charge in [-0.2, -0.15) is 0 Å². The normalized spacial score (nSPS) is 12.0. The molecule has 0 saturated carbocycles. The van der Waals surface area contributed by atoms with E-state index in [2.05, 4.69) is 74.7 Å². The van der Waals surface area contributed by atoms with Crippen molar-refractivity contribution in [2.45, 2.75) is 39.2 Å². The first-order valence-corrected chi connectivity index (χ1v) is 12.6. The molecular weight excluding hydrogens is 460 g/mol. The zero-order valence-electron chi connectivity index (χ0n) is 21.2. The maximum Gasteiger partial charge on any atom is 0.193 e. The van der Waals surface area contributed by atoms with E-state index in [1.807, 2.05) is 66.7 Å². The molecule has 36 heavy (non-hydrogen) atoms. The van der Waals surface area contributed by atoms with E-state index in [0.29, 0.717) is 16.2 Å². The number of benzene rings is 4. The summed E-state index contributed by atoms with van der Waals surface area (Å²) in [6.07, 6.45) is 0. The summed E-state index contributed by atoms with van der Waals surface area (Å²) in [5.74, 6) is -0.0141. The van der Waals surface area contributed by atoms with Gasteiger partial charge in [-0.3, -0.25) is 4.79 Å². The summed E-state index contributed by atoms with van der Waals surface area (Å²) in [5.41, 5.74) is 6.75. The minimum absolute atomic E-state index is 0.0141. The first-order valence-electron chi connectivity index (χ1n) is 12.1. The molecular formula is C32H32N2OS. The van der Waals surface area contributed by atoms with Crippen LogP contribution in [0, 0.1) is 6.92 Å². The van der Waals surface area contributed by atoms with E-state index in [4.69, 9.17) is 12.2 Å². The van der Waals surface area contributed by atoms with Gasteiger partial charge in [-0.15, -0.1) is 0 Å². The van der Waals surface area contributed by atoms with Crippen LogP contribution in [0.5, 0.6) is 0 Å². The van der Waals surface area contributed by atoms with E-state index < -0.39 is 0 Å². The lowest BCUT2D eigenvalue weighted by Gasteiger charge is -2.22. The molecule has 0 saturated heterocycles. The number of rotatable bonds is 6. The Kier molecular flexibility index (Phi) is 7.66. The molecule has 1 atom stereocenters. The van der Waals surface area contributed by atoms with Gasteiger partial charge in [0.15, 0.2) is 10.9 Å². The molecule has 0 aromatic heterocycles. The third-order valence-electron chi connectivity index (χ3n) is 6.21. The lowest BCUT2D eigenvalue weighted by Crippen LogP contribution is -2.33. The van der Waals surface area contributed by atoms with Gasteiger partial charge >= 0.3 is 0 Å². The predicted molar refractivity (Wildman–Crippen MR) is 154 cm³/mol. The smallest absolute Gasteiger partial charge is 0.193 e. The number of nitrogens with one attached hydrogen (secondary N) is 2. The summed E-state index contributed by atoms with van der Waals surface area (Å²) in [5, 5.41) is 7.21. The van der Waals surface area contributed by atoms with Gasteiger partial charge in [0.25, 0.3) is 0 Å². The van der Waals surface area contributed by atoms with Crippen molar-refractivity contribution in [3.8, 4) is 0 Å². The number of hydrogen-bond donors (Lipinski definition) is 2. The van der Waals surface area contributed by atoms with Gasteiger partial charge in [-0.1, -0.05) is 117 Å². The van der Waals surface area contributed by atoms with Crippen molar-refractivity contribution in [2.75, 3.05) is 5.32 Å². The lowest BCUT2D eigenvalue weighted by molar-refractivity contribution is 0.103. The van der Waals surface area contributed by atoms with Gasteiger partial charge in [0.2, 0.25) is 0 Å². The maximum atomic E-state index is 13.1. The highest BCUT2D eigenvalue weighted by Gasteiger charge is 2.17. The predicted octanol–water partition coefficient (Wildman–Crippen LogP) is 7.60. The molecule has 0 radical (unpaired) electrons. The zero-order chi connectivity index (χ0) is 25.7. The second-order valence-electron chi connectivity index (χ2n) is 10.1. The monoisotopic (exact) mass is 492 g/mol. The molecule has 4 aromatic carbocycles. The van der Waals surface area contributed by atoms with E-state index in [1.54, 1.807) is 0 Å². The molecule has 0 aliphatic rings. The lowest BCUT2D eigenvalue weighted by atomic mass is 9.86. The van der Waals surface area contributed by atoms with Crippen molar-refractivity contribution in [1.29, 1.82) is 0 Å². The van der Waals surface area contributed by atoms with E-state index in [1.165, 1.54) is 11.1 Å². The molecule has 4 rings (SSSR count). The summed E-state index contributed by atoms with van der Waals surface area (Å²) < 4.78 is 0. The molecule has 4 aromatic rings. The Bertz CT molecular complexity index is 1340. The molecule has 1 unspecified atom stereocenters. The second kappa shape index (κ2) is 10.9. The van der Waals surface area contributed by atoms with Crippen LogP contribution in [0.2, 0.25) is 0 Å². The molecule has 0 heterocycles. The van der Waals surface area contributed by atoms with Crippen LogP contribution in [-0.4, -0.2) is 10.9 Å². The van der Waals surface area contributed by atoms with Gasteiger partial charge in [0, 0.05) is 16.8 Å². The van der Waals surface area contributed by atoms with Gasteiger partial charge in [-0.05, 0) is 53.4 Å². The van der Waals surface area contributed by atoms with Gasteiger partial charge in [0.1, 0.15) is 0 Å². The highest BCUT2D eigenvalue weighted by molar-refractivity contribution is 7.80. The van der Waals surface area contributed by atoms with Crippen molar-refractivity contribution in [3.05, 3.63) is 137 Å². The highest BCUT2D eigenvalue weighted by Crippen LogP contribution is 2.25. The number of hydrogen-bond acceptors (Lipinski definition) is 2. The number of anilines is 1. The Morgan fingerprint density at radius 2 is 1.39 bits per heavy atom. The fourth-order valence-corrected chi connectivity index (χ4v) is 4.32. The quantitative estimate of drug-likeness (QED) is 0.215. The van der Waals surface area contributed by atoms with Crippen molar-refractivity contribution >= 4 is 28.8 Å². The SMILES string of the molecule is Cc1ccc(C(NC(=S)Nc2cccc(C(=O)c3ccc(C(C)(C)C)cc3)c2)c2ccccc2)cc1. The Hall–Kier alpha value is -3.76. The van der Waals surface area contributed by atoms with Crippen molar-refractivity contribution in [1.82, 2.24) is 5.32 Å². The van der Waals surface area contributed by atoms with Crippen LogP contribution in [-0.2, 0) is 5.41 Å². The largest absolute Gasteiger partial charge is 0.352 e. The van der Waals surface area contributed by atoms with Crippen molar-refractivity contribution in [3.63, 3.8) is 0 Å². The fraction of sp³-hybridized carbons (Fsp3) is 0.188. The summed E-state index contributed by atoms with van der Waals surface area (Å²) in [4.78, 5) is 13.1. The van der Waals surface area contributed by atoms with E-state index >= 15 is 0 Å². The molecule has 182 valence electrons. The van der Waals surface area contributed by atoms with Crippen LogP contribution < -0.4 is 10.6 Å². The average Bonchev–Trinajstić information content (AvgIpc) is 2.88. The highest BCUT2D eigenvalue weighted by atomic mass is 32.1. The maximum absolute atomic E-state index is 13.1. The molecule has 0 aliphatic heterocycles. The number of thiocarbonyl (C=S) groups is 1. The van der Waals surface area contributed by atoms with Crippen LogP contribution >= 0.6 is 12.2 Å². The first-order chi connectivity index (χ1) is 17.2. The van der Waals surface area contributed by atoms with E-state index in [0.717, 1.165) is 16.8 Å². The summed E-state index contributed by atoms with van der Waals surface area (Å²) in [7, 11) is 0. The van der Waals surface area contributed by atoms with Crippen molar-refractivity contribution in [2.24, 2.45) is 0 Å². The second-order valence-corrected chi connectivity index (χ2v) is 10.5. The fourth-order valence-electron chi connectivity index (χ4n) is 4.09. The van der Waals surface area contributed by atoms with Crippen LogP contribution in [0.4, 0.5) is 5.69 Å². The zero-order valence-corrected chi connectivity index (χ0v) is 22.0. The molecule has 0 bridgehead atoms. The Morgan fingerprint density at radius 1 is 0.750 bits per heavy atom. The van der Waals surface area contributed by atoms with Crippen LogP contribution in [0.1, 0.15) is 65.0 Å². The van der Waals surface area contributed by atoms with Crippen LogP contribution in [0.15, 0.2) is 103 Å². The van der Waals surface area contributed by atoms with Crippen LogP contribution in [0.3, 0.4) is 0 Å². The van der Waals surface area contributed by atoms with Gasteiger partial charge < -0.3 is 10.6 Å². The minimum atomic E-state index is -0.0991. The van der Waals surface area contributed by atoms with Gasteiger partial charge in [-0.25, -0.2) is 0 Å². The third-order valence-corrected chi connectivity index (χ3v) is 6.43. The number of carbonyl (C=O) groups excluding carboxylic acids is 1. The van der Waals surface area contributed by atoms with Gasteiger partial charge in [0.05, 0.1) is 6.04 Å². The molecule has 3 nitrogen and oxygen atoms in total. The molecule has 4 heteroatoms. The number of aryl methyl sites for hydroxylation is 1.